The number of aliphatic hydroxyl groups excluding tert-OH is 1. The number of unbranched alkanes of at least 4 members (excludes halogenated alkanes) is 4. The number of anilines is 1. The zero-order chi connectivity index (χ0) is 31.6. The van der Waals surface area contributed by atoms with Gasteiger partial charge in [-0.05, 0) is 80.6 Å². The number of rotatable bonds is 13. The number of ether oxygens (including phenoxy) is 1. The number of carbonyl (C=O) groups excluding carboxylic acids is 3. The second kappa shape index (κ2) is 15.5. The molecule has 43 heavy (non-hydrogen) atoms. The molecule has 3 N–H and O–H groups in total. The number of hydrogen-bond donors (Lipinski definition) is 3. The van der Waals surface area contributed by atoms with Crippen LogP contribution in [0.5, 0.6) is 0 Å². The second-order valence-corrected chi connectivity index (χ2v) is 12.1. The summed E-state index contributed by atoms with van der Waals surface area (Å²) >= 11 is 0. The zero-order valence-corrected chi connectivity index (χ0v) is 26.4. The molecule has 0 aliphatic rings. The predicted molar refractivity (Wildman–Crippen MR) is 172 cm³/mol. The molecule has 3 aromatic carbocycles. The van der Waals surface area contributed by atoms with Gasteiger partial charge in [-0.15, -0.1) is 0 Å². The monoisotopic (exact) mass is 589 g/mol. The first-order chi connectivity index (χ1) is 20.4. The summed E-state index contributed by atoms with van der Waals surface area (Å²) in [6, 6.07) is 17.0. The van der Waals surface area contributed by atoms with Crippen molar-refractivity contribution in [1.29, 1.82) is 0 Å². The number of nitrogens with zero attached hydrogens (tertiary/aromatic N) is 1. The summed E-state index contributed by atoms with van der Waals surface area (Å²) in [5.74, 6) is -0.928. The highest BCUT2D eigenvalue weighted by atomic mass is 16.6. The lowest BCUT2D eigenvalue weighted by molar-refractivity contribution is -0.141. The molecule has 0 saturated carbocycles. The molecule has 0 radical (unpaired) electrons. The summed E-state index contributed by atoms with van der Waals surface area (Å²) in [7, 11) is 0. The van der Waals surface area contributed by atoms with Crippen LogP contribution in [0.15, 0.2) is 60.7 Å². The van der Waals surface area contributed by atoms with Gasteiger partial charge in [0.1, 0.15) is 17.7 Å². The van der Waals surface area contributed by atoms with Crippen LogP contribution in [0.3, 0.4) is 0 Å². The lowest BCUT2D eigenvalue weighted by Crippen LogP contribution is -2.54. The largest absolute Gasteiger partial charge is 0.444 e. The Morgan fingerprint density at radius 1 is 0.907 bits per heavy atom. The van der Waals surface area contributed by atoms with Gasteiger partial charge in [0.05, 0.1) is 6.61 Å². The van der Waals surface area contributed by atoms with E-state index in [1.807, 2.05) is 74.5 Å². The Labute approximate surface area is 255 Å². The number of benzene rings is 3. The van der Waals surface area contributed by atoms with Gasteiger partial charge in [-0.2, -0.15) is 0 Å². The van der Waals surface area contributed by atoms with Crippen LogP contribution < -0.4 is 10.6 Å². The van der Waals surface area contributed by atoms with Crippen LogP contribution in [0.1, 0.15) is 82.5 Å². The molecular weight excluding hydrogens is 542 g/mol. The molecule has 0 saturated heterocycles. The fraction of sp³-hybridized carbons (Fsp3) is 0.457. The first-order valence-corrected chi connectivity index (χ1v) is 15.2. The SMILES string of the molecule is CCCCCCCN(C(=O)C(CO)NC(=O)OC(C)(C)C)C(C(=O)Nc1ccc2ccccc2c1)c1cccc(C)c1C. The summed E-state index contributed by atoms with van der Waals surface area (Å²) in [6.45, 7) is 10.8. The molecule has 0 aliphatic heterocycles. The number of hydrogen-bond acceptors (Lipinski definition) is 5. The molecule has 0 aliphatic carbocycles. The maximum atomic E-state index is 14.2. The molecule has 8 nitrogen and oxygen atoms in total. The molecule has 2 unspecified atom stereocenters. The van der Waals surface area contributed by atoms with Gasteiger partial charge < -0.3 is 25.4 Å². The number of aryl methyl sites for hydroxylation is 1. The van der Waals surface area contributed by atoms with Gasteiger partial charge in [0, 0.05) is 12.2 Å². The van der Waals surface area contributed by atoms with Gasteiger partial charge in [0.25, 0.3) is 5.91 Å². The van der Waals surface area contributed by atoms with Crippen molar-refractivity contribution in [1.82, 2.24) is 10.2 Å². The molecule has 232 valence electrons. The maximum absolute atomic E-state index is 14.2. The van der Waals surface area contributed by atoms with E-state index >= 15 is 0 Å². The van der Waals surface area contributed by atoms with Crippen molar-refractivity contribution in [2.24, 2.45) is 0 Å². The molecule has 3 amide bonds. The van der Waals surface area contributed by atoms with Crippen LogP contribution in [0, 0.1) is 13.8 Å². The first kappa shape index (κ1) is 33.6. The normalized spacial score (nSPS) is 12.8. The highest BCUT2D eigenvalue weighted by molar-refractivity contribution is 6.00. The summed E-state index contributed by atoms with van der Waals surface area (Å²) in [5, 5.41) is 17.8. The van der Waals surface area contributed by atoms with E-state index in [-0.39, 0.29) is 12.5 Å². The van der Waals surface area contributed by atoms with Crippen LogP contribution in [0.25, 0.3) is 10.8 Å². The molecule has 3 aromatic rings. The maximum Gasteiger partial charge on any atom is 0.408 e. The minimum atomic E-state index is -1.29. The molecule has 3 rings (SSSR count). The van der Waals surface area contributed by atoms with Gasteiger partial charge in [-0.1, -0.05) is 81.1 Å². The Morgan fingerprint density at radius 2 is 1.60 bits per heavy atom. The van der Waals surface area contributed by atoms with Crippen molar-refractivity contribution in [2.75, 3.05) is 18.5 Å². The molecule has 0 aromatic heterocycles. The molecule has 0 fully saturated rings. The van der Waals surface area contributed by atoms with E-state index in [1.54, 1.807) is 20.8 Å². The van der Waals surface area contributed by atoms with Crippen molar-refractivity contribution in [3.63, 3.8) is 0 Å². The van der Waals surface area contributed by atoms with Gasteiger partial charge in [0.2, 0.25) is 5.91 Å². The van der Waals surface area contributed by atoms with Crippen molar-refractivity contribution < 1.29 is 24.2 Å². The number of aliphatic hydroxyl groups is 1. The Kier molecular flexibility index (Phi) is 12.1. The van der Waals surface area contributed by atoms with Crippen LogP contribution >= 0.6 is 0 Å². The van der Waals surface area contributed by atoms with Crippen molar-refractivity contribution in [3.05, 3.63) is 77.4 Å². The lowest BCUT2D eigenvalue weighted by Gasteiger charge is -2.35. The third kappa shape index (κ3) is 9.55. The highest BCUT2D eigenvalue weighted by Crippen LogP contribution is 2.30. The van der Waals surface area contributed by atoms with Crippen molar-refractivity contribution in [2.45, 2.75) is 91.3 Å². The van der Waals surface area contributed by atoms with Gasteiger partial charge in [-0.25, -0.2) is 4.79 Å². The summed E-state index contributed by atoms with van der Waals surface area (Å²) in [4.78, 5) is 42.5. The summed E-state index contributed by atoms with van der Waals surface area (Å²) < 4.78 is 5.36. The van der Waals surface area contributed by atoms with E-state index in [0.717, 1.165) is 47.6 Å². The standard InChI is InChI=1S/C35H47N3O5/c1-7-8-9-10-13-21-38(33(41)30(23-39)37-34(42)43-35(4,5)6)31(29-18-14-15-24(2)25(29)3)32(40)36-28-20-19-26-16-11-12-17-27(26)22-28/h11-12,14-20,22,30-31,39H,7-10,13,21,23H2,1-6H3,(H,36,40)(H,37,42). The number of carbonyl (C=O) groups is 3. The average Bonchev–Trinajstić information content (AvgIpc) is 2.95. The van der Waals surface area contributed by atoms with Crippen LogP contribution in [0.2, 0.25) is 0 Å². The van der Waals surface area contributed by atoms with Gasteiger partial charge >= 0.3 is 6.09 Å². The third-order valence-electron chi connectivity index (χ3n) is 7.48. The molecule has 0 heterocycles. The molecule has 0 bridgehead atoms. The van der Waals surface area contributed by atoms with E-state index in [2.05, 4.69) is 17.6 Å². The van der Waals surface area contributed by atoms with Crippen LogP contribution in [0.4, 0.5) is 10.5 Å². The van der Waals surface area contributed by atoms with Crippen LogP contribution in [-0.4, -0.2) is 52.7 Å². The number of nitrogens with one attached hydrogen (secondary N) is 2. The fourth-order valence-electron chi connectivity index (χ4n) is 5.09. The van der Waals surface area contributed by atoms with Crippen molar-refractivity contribution >= 4 is 34.4 Å². The molecule has 8 heteroatoms. The van der Waals surface area contributed by atoms with E-state index in [4.69, 9.17) is 4.74 Å². The van der Waals surface area contributed by atoms with Gasteiger partial charge in [0.15, 0.2) is 0 Å². The van der Waals surface area contributed by atoms with Gasteiger partial charge in [-0.3, -0.25) is 9.59 Å². The number of amides is 3. The molecular formula is C35H47N3O5. The Bertz CT molecular complexity index is 1400. The van der Waals surface area contributed by atoms with E-state index in [0.29, 0.717) is 17.7 Å². The smallest absolute Gasteiger partial charge is 0.408 e. The Balaban J connectivity index is 2.02. The first-order valence-electron chi connectivity index (χ1n) is 15.2. The minimum Gasteiger partial charge on any atom is -0.444 e. The number of fused-ring (bicyclic) bond motifs is 1. The molecule has 0 spiro atoms. The predicted octanol–water partition coefficient (Wildman–Crippen LogP) is 6.82. The molecule has 2 atom stereocenters. The average molecular weight is 590 g/mol. The lowest BCUT2D eigenvalue weighted by atomic mass is 9.94. The topological polar surface area (TPSA) is 108 Å². The summed E-state index contributed by atoms with van der Waals surface area (Å²) in [6.07, 6.45) is 3.90. The fourth-order valence-corrected chi connectivity index (χ4v) is 5.09. The number of alkyl carbamates (subject to hydrolysis) is 1. The third-order valence-corrected chi connectivity index (χ3v) is 7.48. The minimum absolute atomic E-state index is 0.276. The Morgan fingerprint density at radius 3 is 2.28 bits per heavy atom. The second-order valence-electron chi connectivity index (χ2n) is 12.1. The van der Waals surface area contributed by atoms with E-state index < -0.39 is 36.3 Å². The summed E-state index contributed by atoms with van der Waals surface area (Å²) in [5.41, 5.74) is 2.40. The van der Waals surface area contributed by atoms with Crippen LogP contribution in [-0.2, 0) is 14.3 Å². The van der Waals surface area contributed by atoms with E-state index in [9.17, 15) is 19.5 Å². The Hall–Kier alpha value is -3.91. The van der Waals surface area contributed by atoms with Crippen molar-refractivity contribution in [3.8, 4) is 0 Å². The zero-order valence-electron chi connectivity index (χ0n) is 26.4. The highest BCUT2D eigenvalue weighted by Gasteiger charge is 2.36. The quantitative estimate of drug-likeness (QED) is 0.190. The van der Waals surface area contributed by atoms with E-state index in [1.165, 1.54) is 4.90 Å².